The van der Waals surface area contributed by atoms with Gasteiger partial charge in [0.25, 0.3) is 5.91 Å². The third-order valence-electron chi connectivity index (χ3n) is 3.82. The van der Waals surface area contributed by atoms with Gasteiger partial charge in [0.05, 0.1) is 16.8 Å². The molecule has 0 saturated heterocycles. The zero-order valence-corrected chi connectivity index (χ0v) is 15.8. The number of rotatable bonds is 7. The number of carbonyl (C=O) groups is 1. The molecule has 0 radical (unpaired) electrons. The lowest BCUT2D eigenvalue weighted by molar-refractivity contribution is -0.120. The van der Waals surface area contributed by atoms with Crippen LogP contribution in [0.2, 0.25) is 0 Å². The van der Waals surface area contributed by atoms with Crippen LogP contribution >= 0.6 is 11.3 Å². The lowest BCUT2D eigenvalue weighted by atomic mass is 10.2. The van der Waals surface area contributed by atoms with E-state index in [0.29, 0.717) is 30.3 Å². The van der Waals surface area contributed by atoms with Crippen LogP contribution in [-0.4, -0.2) is 30.3 Å². The van der Waals surface area contributed by atoms with Gasteiger partial charge in [-0.1, -0.05) is 35.6 Å². The number of amides is 1. The molecule has 136 valence electrons. The first kappa shape index (κ1) is 18.4. The summed E-state index contributed by atoms with van der Waals surface area (Å²) in [5.74, 6) is 0.373. The number of hydrogen-bond donors (Lipinski definition) is 0. The Balaban J connectivity index is 1.80. The minimum atomic E-state index is -0.303. The van der Waals surface area contributed by atoms with E-state index in [2.05, 4.69) is 4.99 Å². The highest BCUT2D eigenvalue weighted by Gasteiger charge is 2.08. The number of fused-ring (bicyclic) bond motifs is 1. The molecule has 2 aromatic carbocycles. The second-order valence-corrected chi connectivity index (χ2v) is 6.82. The molecule has 0 N–H and O–H groups in total. The van der Waals surface area contributed by atoms with Gasteiger partial charge < -0.3 is 14.0 Å². The highest BCUT2D eigenvalue weighted by molar-refractivity contribution is 7.16. The fourth-order valence-corrected chi connectivity index (χ4v) is 3.68. The molecule has 0 saturated carbocycles. The summed E-state index contributed by atoms with van der Waals surface area (Å²) in [5, 5.41) is 0. The van der Waals surface area contributed by atoms with Crippen LogP contribution < -0.4 is 9.54 Å². The highest BCUT2D eigenvalue weighted by Crippen LogP contribution is 2.17. The molecule has 26 heavy (non-hydrogen) atoms. The van der Waals surface area contributed by atoms with Crippen LogP contribution in [0.5, 0.6) is 5.75 Å². The lowest BCUT2D eigenvalue weighted by Crippen LogP contribution is -2.21. The molecule has 0 aliphatic heterocycles. The number of para-hydroxylation sites is 1. The Hall–Kier alpha value is -2.44. The summed E-state index contributed by atoms with van der Waals surface area (Å²) in [6.07, 6.45) is 0. The predicted octanol–water partition coefficient (Wildman–Crippen LogP) is 3.55. The summed E-state index contributed by atoms with van der Waals surface area (Å²) in [4.78, 5) is 17.2. The quantitative estimate of drug-likeness (QED) is 0.598. The topological polar surface area (TPSA) is 52.8 Å². The van der Waals surface area contributed by atoms with Crippen LogP contribution in [0, 0.1) is 6.92 Å². The Morgan fingerprint density at radius 3 is 2.85 bits per heavy atom. The number of aryl methyl sites for hydroxylation is 1. The average molecular weight is 370 g/mol. The first-order chi connectivity index (χ1) is 12.7. The summed E-state index contributed by atoms with van der Waals surface area (Å²) in [6, 6.07) is 15.7. The fraction of sp³-hybridized carbons (Fsp3) is 0.300. The van der Waals surface area contributed by atoms with Gasteiger partial charge in [-0.2, -0.15) is 4.99 Å². The molecule has 0 aliphatic carbocycles. The van der Waals surface area contributed by atoms with Crippen LogP contribution in [0.4, 0.5) is 0 Å². The Morgan fingerprint density at radius 1 is 1.19 bits per heavy atom. The molecule has 3 aromatic rings. The molecule has 1 heterocycles. The number of ether oxygens (including phenoxy) is 2. The summed E-state index contributed by atoms with van der Waals surface area (Å²) < 4.78 is 14.1. The van der Waals surface area contributed by atoms with E-state index in [1.165, 1.54) is 11.3 Å². The molecule has 0 atom stereocenters. The Labute approximate surface area is 156 Å². The summed E-state index contributed by atoms with van der Waals surface area (Å²) in [7, 11) is 0. The maximum absolute atomic E-state index is 12.3. The summed E-state index contributed by atoms with van der Waals surface area (Å²) >= 11 is 1.50. The molecular weight excluding hydrogens is 348 g/mol. The van der Waals surface area contributed by atoms with Gasteiger partial charge in [-0.05, 0) is 43.7 Å². The third kappa shape index (κ3) is 4.59. The van der Waals surface area contributed by atoms with E-state index in [0.717, 1.165) is 15.8 Å². The fourth-order valence-electron chi connectivity index (χ4n) is 2.61. The van der Waals surface area contributed by atoms with E-state index in [1.54, 1.807) is 0 Å². The van der Waals surface area contributed by atoms with Crippen molar-refractivity contribution < 1.29 is 14.3 Å². The normalized spacial score (nSPS) is 11.8. The van der Waals surface area contributed by atoms with Gasteiger partial charge in [-0.15, -0.1) is 0 Å². The molecule has 0 fully saturated rings. The van der Waals surface area contributed by atoms with Crippen molar-refractivity contribution in [1.82, 2.24) is 4.57 Å². The van der Waals surface area contributed by atoms with E-state index in [1.807, 2.05) is 66.9 Å². The number of benzene rings is 2. The monoisotopic (exact) mass is 370 g/mol. The van der Waals surface area contributed by atoms with Crippen molar-refractivity contribution in [3.63, 3.8) is 0 Å². The van der Waals surface area contributed by atoms with Crippen molar-refractivity contribution in [2.45, 2.75) is 20.4 Å². The number of nitrogens with zero attached hydrogens (tertiary/aromatic N) is 2. The molecule has 1 amide bonds. The van der Waals surface area contributed by atoms with Crippen LogP contribution in [0.15, 0.2) is 53.5 Å². The van der Waals surface area contributed by atoms with E-state index >= 15 is 0 Å². The smallest absolute Gasteiger partial charge is 0.286 e. The molecule has 3 rings (SSSR count). The maximum atomic E-state index is 12.3. The standard InChI is InChI=1S/C20H22N2O3S/c1-3-24-12-11-22-17-9-4-5-10-18(17)26-20(22)21-19(23)14-25-16-8-6-7-15(2)13-16/h4-10,13H,3,11-12,14H2,1-2H3. The van der Waals surface area contributed by atoms with Crippen molar-refractivity contribution in [3.8, 4) is 5.75 Å². The van der Waals surface area contributed by atoms with Gasteiger partial charge in [0.1, 0.15) is 5.75 Å². The molecule has 0 bridgehead atoms. The second-order valence-electron chi connectivity index (χ2n) is 5.81. The van der Waals surface area contributed by atoms with Crippen molar-refractivity contribution in [2.75, 3.05) is 19.8 Å². The van der Waals surface area contributed by atoms with Crippen molar-refractivity contribution in [2.24, 2.45) is 4.99 Å². The zero-order chi connectivity index (χ0) is 18.4. The SMILES string of the molecule is CCOCCn1c(=NC(=O)COc2cccc(C)c2)sc2ccccc21. The Morgan fingerprint density at radius 2 is 2.04 bits per heavy atom. The number of thiazole rings is 1. The molecule has 0 aliphatic rings. The van der Waals surface area contributed by atoms with E-state index in [9.17, 15) is 4.79 Å². The van der Waals surface area contributed by atoms with E-state index in [4.69, 9.17) is 9.47 Å². The van der Waals surface area contributed by atoms with Gasteiger partial charge >= 0.3 is 0 Å². The zero-order valence-electron chi connectivity index (χ0n) is 15.0. The molecular formula is C20H22N2O3S. The number of carbonyl (C=O) groups excluding carboxylic acids is 1. The molecule has 5 nitrogen and oxygen atoms in total. The molecule has 0 spiro atoms. The second kappa shape index (κ2) is 8.78. The number of aromatic nitrogens is 1. The average Bonchev–Trinajstić information content (AvgIpc) is 2.98. The minimum Gasteiger partial charge on any atom is -0.484 e. The lowest BCUT2D eigenvalue weighted by Gasteiger charge is -2.06. The van der Waals surface area contributed by atoms with Crippen molar-refractivity contribution in [1.29, 1.82) is 0 Å². The van der Waals surface area contributed by atoms with Gasteiger partial charge in [-0.25, -0.2) is 0 Å². The number of hydrogen-bond acceptors (Lipinski definition) is 4. The van der Waals surface area contributed by atoms with E-state index in [-0.39, 0.29) is 12.5 Å². The predicted molar refractivity (Wildman–Crippen MR) is 104 cm³/mol. The first-order valence-corrected chi connectivity index (χ1v) is 9.42. The largest absolute Gasteiger partial charge is 0.484 e. The van der Waals surface area contributed by atoms with Gasteiger partial charge in [-0.3, -0.25) is 4.79 Å². The van der Waals surface area contributed by atoms with Crippen LogP contribution in [0.25, 0.3) is 10.2 Å². The van der Waals surface area contributed by atoms with Gasteiger partial charge in [0.15, 0.2) is 11.4 Å². The van der Waals surface area contributed by atoms with E-state index < -0.39 is 0 Å². The highest BCUT2D eigenvalue weighted by atomic mass is 32.1. The Kier molecular flexibility index (Phi) is 6.20. The van der Waals surface area contributed by atoms with Gasteiger partial charge in [0, 0.05) is 13.2 Å². The van der Waals surface area contributed by atoms with Gasteiger partial charge in [0.2, 0.25) is 0 Å². The first-order valence-electron chi connectivity index (χ1n) is 8.60. The Bertz CT molecular complexity index is 959. The minimum absolute atomic E-state index is 0.0802. The summed E-state index contributed by atoms with van der Waals surface area (Å²) in [5.41, 5.74) is 2.15. The molecule has 0 unspecified atom stereocenters. The van der Waals surface area contributed by atoms with Crippen molar-refractivity contribution >= 4 is 27.5 Å². The molecule has 6 heteroatoms. The van der Waals surface area contributed by atoms with Crippen LogP contribution in [0.3, 0.4) is 0 Å². The molecule has 1 aromatic heterocycles. The van der Waals surface area contributed by atoms with Crippen LogP contribution in [0.1, 0.15) is 12.5 Å². The summed E-state index contributed by atoms with van der Waals surface area (Å²) in [6.45, 7) is 5.77. The maximum Gasteiger partial charge on any atom is 0.286 e. The van der Waals surface area contributed by atoms with Crippen molar-refractivity contribution in [3.05, 3.63) is 58.9 Å². The van der Waals surface area contributed by atoms with Crippen LogP contribution in [-0.2, 0) is 16.1 Å². The third-order valence-corrected chi connectivity index (χ3v) is 4.88.